The topological polar surface area (TPSA) is 56.7 Å². The van der Waals surface area contributed by atoms with E-state index in [1.165, 1.54) is 37.8 Å². The first kappa shape index (κ1) is 23.7. The van der Waals surface area contributed by atoms with Crippen LogP contribution in [0.15, 0.2) is 29.3 Å². The zero-order valence-electron chi connectivity index (χ0n) is 16.5. The molecule has 1 aromatic carbocycles. The molecule has 2 N–H and O–H groups in total. The Balaban J connectivity index is 0.00000364. The van der Waals surface area contributed by atoms with Gasteiger partial charge in [-0.15, -0.1) is 24.0 Å². The monoisotopic (exact) mass is 490 g/mol. The molecule has 0 spiro atoms. The summed E-state index contributed by atoms with van der Waals surface area (Å²) in [5.41, 5.74) is 0.0699. The molecule has 0 saturated heterocycles. The Morgan fingerprint density at radius 1 is 1.19 bits per heavy atom. The lowest BCUT2D eigenvalue weighted by Crippen LogP contribution is -2.44. The van der Waals surface area contributed by atoms with Crippen LogP contribution in [0.4, 0.5) is 4.39 Å². The van der Waals surface area contributed by atoms with E-state index < -0.39 is 11.7 Å². The number of aliphatic imine (C=N–C) groups is 1. The van der Waals surface area contributed by atoms with Gasteiger partial charge in [0.05, 0.1) is 5.56 Å². The molecule has 2 rings (SSSR count). The van der Waals surface area contributed by atoms with Gasteiger partial charge in [0.25, 0.3) is 5.91 Å². The molecule has 0 aliphatic heterocycles. The summed E-state index contributed by atoms with van der Waals surface area (Å²) in [6.45, 7) is 4.27. The molecule has 1 amide bonds. The number of benzene rings is 1. The maximum atomic E-state index is 13.6. The Morgan fingerprint density at radius 3 is 2.44 bits per heavy atom. The van der Waals surface area contributed by atoms with Gasteiger partial charge >= 0.3 is 0 Å². The molecule has 7 heteroatoms. The van der Waals surface area contributed by atoms with Gasteiger partial charge in [-0.3, -0.25) is 9.79 Å². The molecule has 1 aliphatic rings. The maximum Gasteiger partial charge on any atom is 0.254 e. The minimum Gasteiger partial charge on any atom is -0.354 e. The molecular formula is C20H32FIN4O. The van der Waals surface area contributed by atoms with Crippen molar-refractivity contribution in [2.45, 2.75) is 32.6 Å². The summed E-state index contributed by atoms with van der Waals surface area (Å²) in [5.74, 6) is 1.49. The van der Waals surface area contributed by atoms with Crippen LogP contribution in [0.5, 0.6) is 0 Å². The summed E-state index contributed by atoms with van der Waals surface area (Å²) >= 11 is 0. The average Bonchev–Trinajstić information content (AvgIpc) is 2.63. The predicted octanol–water partition coefficient (Wildman–Crippen LogP) is 3.51. The largest absolute Gasteiger partial charge is 0.354 e. The van der Waals surface area contributed by atoms with Gasteiger partial charge in [0.2, 0.25) is 0 Å². The highest BCUT2D eigenvalue weighted by Crippen LogP contribution is 2.28. The van der Waals surface area contributed by atoms with E-state index >= 15 is 0 Å². The molecule has 27 heavy (non-hydrogen) atoms. The molecule has 0 aromatic heterocycles. The molecule has 0 radical (unpaired) electrons. The number of carbonyl (C=O) groups is 1. The van der Waals surface area contributed by atoms with Crippen molar-refractivity contribution in [2.24, 2.45) is 16.8 Å². The Kier molecular flexibility index (Phi) is 10.6. The maximum absolute atomic E-state index is 13.6. The zero-order chi connectivity index (χ0) is 18.9. The van der Waals surface area contributed by atoms with Crippen LogP contribution in [-0.4, -0.2) is 50.5 Å². The molecular weight excluding hydrogens is 458 g/mol. The Morgan fingerprint density at radius 2 is 1.81 bits per heavy atom. The van der Waals surface area contributed by atoms with Gasteiger partial charge in [-0.25, -0.2) is 4.39 Å². The standard InChI is InChI=1S/C20H31FN4O.HI/c1-15-8-10-16(11-9-15)14-25(3)20(22-2)24-13-12-23-19(26)17-6-4-5-7-18(17)21;/h4-7,15-16H,8-14H2,1-3H3,(H,22,24)(H,23,26);1H. The first-order valence-corrected chi connectivity index (χ1v) is 9.45. The summed E-state index contributed by atoms with van der Waals surface area (Å²) in [6, 6.07) is 5.99. The van der Waals surface area contributed by atoms with Crippen LogP contribution < -0.4 is 10.6 Å². The summed E-state index contributed by atoms with van der Waals surface area (Å²) in [4.78, 5) is 18.5. The van der Waals surface area contributed by atoms with Crippen LogP contribution in [-0.2, 0) is 0 Å². The number of carbonyl (C=O) groups excluding carboxylic acids is 1. The van der Waals surface area contributed by atoms with Crippen molar-refractivity contribution in [3.63, 3.8) is 0 Å². The second-order valence-electron chi connectivity index (χ2n) is 7.22. The van der Waals surface area contributed by atoms with Crippen molar-refractivity contribution in [3.8, 4) is 0 Å². The van der Waals surface area contributed by atoms with E-state index in [0.717, 1.165) is 24.3 Å². The number of hydrogen-bond donors (Lipinski definition) is 2. The van der Waals surface area contributed by atoms with E-state index in [1.807, 2.05) is 7.05 Å². The van der Waals surface area contributed by atoms with Gasteiger partial charge < -0.3 is 15.5 Å². The number of hydrogen-bond acceptors (Lipinski definition) is 2. The first-order valence-electron chi connectivity index (χ1n) is 9.45. The van der Waals surface area contributed by atoms with E-state index in [-0.39, 0.29) is 29.5 Å². The van der Waals surface area contributed by atoms with Crippen LogP contribution in [0.25, 0.3) is 0 Å². The molecule has 0 bridgehead atoms. The Labute approximate surface area is 179 Å². The predicted molar refractivity (Wildman–Crippen MR) is 119 cm³/mol. The van der Waals surface area contributed by atoms with Gasteiger partial charge in [0.15, 0.2) is 5.96 Å². The van der Waals surface area contributed by atoms with Crippen molar-refractivity contribution >= 4 is 35.8 Å². The van der Waals surface area contributed by atoms with E-state index in [9.17, 15) is 9.18 Å². The molecule has 0 unspecified atom stereocenters. The first-order chi connectivity index (χ1) is 12.5. The SMILES string of the molecule is CN=C(NCCNC(=O)c1ccccc1F)N(C)CC1CCC(C)CC1.I. The van der Waals surface area contributed by atoms with Crippen LogP contribution in [0, 0.1) is 17.7 Å². The number of amides is 1. The van der Waals surface area contributed by atoms with Crippen molar-refractivity contribution < 1.29 is 9.18 Å². The van der Waals surface area contributed by atoms with E-state index in [2.05, 4.69) is 27.4 Å². The summed E-state index contributed by atoms with van der Waals surface area (Å²) in [6.07, 6.45) is 5.18. The van der Waals surface area contributed by atoms with Crippen molar-refractivity contribution in [2.75, 3.05) is 33.7 Å². The number of halogens is 2. The molecule has 0 heterocycles. The second-order valence-corrected chi connectivity index (χ2v) is 7.22. The third-order valence-corrected chi connectivity index (χ3v) is 5.05. The molecule has 1 saturated carbocycles. The third kappa shape index (κ3) is 7.63. The smallest absolute Gasteiger partial charge is 0.254 e. The van der Waals surface area contributed by atoms with E-state index in [4.69, 9.17) is 0 Å². The van der Waals surface area contributed by atoms with Gasteiger partial charge in [-0.2, -0.15) is 0 Å². The van der Waals surface area contributed by atoms with Gasteiger partial charge in [-0.05, 0) is 36.8 Å². The number of nitrogens with zero attached hydrogens (tertiary/aromatic N) is 2. The quantitative estimate of drug-likeness (QED) is 0.278. The fraction of sp³-hybridized carbons (Fsp3) is 0.600. The normalized spacial score (nSPS) is 19.8. The third-order valence-electron chi connectivity index (χ3n) is 5.05. The molecule has 5 nitrogen and oxygen atoms in total. The number of rotatable bonds is 6. The van der Waals surface area contributed by atoms with Gasteiger partial charge in [-0.1, -0.05) is 31.9 Å². The van der Waals surface area contributed by atoms with E-state index in [0.29, 0.717) is 13.1 Å². The van der Waals surface area contributed by atoms with Crippen LogP contribution in [0.1, 0.15) is 43.0 Å². The zero-order valence-corrected chi connectivity index (χ0v) is 18.8. The molecule has 1 aliphatic carbocycles. The highest BCUT2D eigenvalue weighted by atomic mass is 127. The molecule has 0 atom stereocenters. The molecule has 1 aromatic rings. The lowest BCUT2D eigenvalue weighted by Gasteiger charge is -2.31. The van der Waals surface area contributed by atoms with Crippen molar-refractivity contribution in [1.29, 1.82) is 0 Å². The van der Waals surface area contributed by atoms with Crippen molar-refractivity contribution in [1.82, 2.24) is 15.5 Å². The van der Waals surface area contributed by atoms with Crippen LogP contribution >= 0.6 is 24.0 Å². The highest BCUT2D eigenvalue weighted by molar-refractivity contribution is 14.0. The fourth-order valence-corrected chi connectivity index (χ4v) is 3.46. The molecule has 1 fully saturated rings. The number of nitrogens with one attached hydrogen (secondary N) is 2. The minimum atomic E-state index is -0.504. The lowest BCUT2D eigenvalue weighted by atomic mass is 9.83. The summed E-state index contributed by atoms with van der Waals surface area (Å²) < 4.78 is 13.6. The fourth-order valence-electron chi connectivity index (χ4n) is 3.46. The Bertz CT molecular complexity index is 618. The summed E-state index contributed by atoms with van der Waals surface area (Å²) in [5, 5.41) is 5.99. The van der Waals surface area contributed by atoms with Crippen LogP contribution in [0.2, 0.25) is 0 Å². The second kappa shape index (κ2) is 12.2. The molecule has 152 valence electrons. The van der Waals surface area contributed by atoms with Crippen LogP contribution in [0.3, 0.4) is 0 Å². The average molecular weight is 490 g/mol. The minimum absolute atomic E-state index is 0. The van der Waals surface area contributed by atoms with Crippen molar-refractivity contribution in [3.05, 3.63) is 35.6 Å². The van der Waals surface area contributed by atoms with Gasteiger partial charge in [0.1, 0.15) is 5.82 Å². The van der Waals surface area contributed by atoms with Gasteiger partial charge in [0, 0.05) is 33.7 Å². The van der Waals surface area contributed by atoms with E-state index in [1.54, 1.807) is 19.2 Å². The Hall–Kier alpha value is -1.38. The number of guanidine groups is 1. The lowest BCUT2D eigenvalue weighted by molar-refractivity contribution is 0.0950. The highest BCUT2D eigenvalue weighted by Gasteiger charge is 2.20. The summed E-state index contributed by atoms with van der Waals surface area (Å²) in [7, 11) is 3.81.